The maximum atomic E-state index is 9.67. The van der Waals surface area contributed by atoms with Gasteiger partial charge in [0.15, 0.2) is 0 Å². The summed E-state index contributed by atoms with van der Waals surface area (Å²) in [5.74, 6) is 0. The molecule has 0 aliphatic carbocycles. The Labute approximate surface area is 112 Å². The van der Waals surface area contributed by atoms with Crippen molar-refractivity contribution in [3.8, 4) is 0 Å². The summed E-state index contributed by atoms with van der Waals surface area (Å²) in [5, 5.41) is 9.67. The zero-order chi connectivity index (χ0) is 13.0. The first-order valence-electron chi connectivity index (χ1n) is 6.07. The summed E-state index contributed by atoms with van der Waals surface area (Å²) in [6.45, 7) is 4.03. The summed E-state index contributed by atoms with van der Waals surface area (Å²) in [4.78, 5) is 6.58. The van der Waals surface area contributed by atoms with Gasteiger partial charge in [0, 0.05) is 16.0 Å². The third-order valence-corrected chi connectivity index (χ3v) is 3.73. The summed E-state index contributed by atoms with van der Waals surface area (Å²) < 4.78 is 0. The van der Waals surface area contributed by atoms with Crippen LogP contribution in [-0.2, 0) is 0 Å². The van der Waals surface area contributed by atoms with Crippen LogP contribution in [0.4, 0.5) is 0 Å². The fourth-order valence-electron chi connectivity index (χ4n) is 1.60. The quantitative estimate of drug-likeness (QED) is 0.901. The molecule has 94 valence electrons. The molecular weight excluding hydrogens is 242 g/mol. The van der Waals surface area contributed by atoms with Crippen LogP contribution >= 0.6 is 11.8 Å². The van der Waals surface area contributed by atoms with Crippen LogP contribution in [0.1, 0.15) is 30.7 Å². The number of nitrogens with zero attached hydrogens (tertiary/aromatic N) is 1. The summed E-state index contributed by atoms with van der Waals surface area (Å²) in [5.41, 5.74) is 2.00. The van der Waals surface area contributed by atoms with Crippen molar-refractivity contribution >= 4 is 11.8 Å². The number of aliphatic hydroxyl groups excluding tert-OH is 1. The number of benzene rings is 1. The average Bonchev–Trinajstić information content (AvgIpc) is 2.41. The van der Waals surface area contributed by atoms with Crippen molar-refractivity contribution < 1.29 is 5.11 Å². The molecule has 0 saturated heterocycles. The zero-order valence-corrected chi connectivity index (χ0v) is 11.4. The van der Waals surface area contributed by atoms with Crippen molar-refractivity contribution in [1.29, 1.82) is 0 Å². The highest BCUT2D eigenvalue weighted by atomic mass is 32.2. The highest BCUT2D eigenvalue weighted by Gasteiger charge is 2.06. The Balaban J connectivity index is 2.08. The molecule has 0 bridgehead atoms. The van der Waals surface area contributed by atoms with Gasteiger partial charge in [0.05, 0.1) is 11.8 Å². The third-order valence-electron chi connectivity index (χ3n) is 2.74. The van der Waals surface area contributed by atoms with E-state index in [-0.39, 0.29) is 0 Å². The summed E-state index contributed by atoms with van der Waals surface area (Å²) in [6, 6.07) is 12.3. The molecular formula is C15H17NOS. The predicted octanol–water partition coefficient (Wildman–Crippen LogP) is 3.98. The summed E-state index contributed by atoms with van der Waals surface area (Å²) in [6.07, 6.45) is 2.05. The molecule has 2 nitrogen and oxygen atoms in total. The summed E-state index contributed by atoms with van der Waals surface area (Å²) >= 11 is 1.68. The molecule has 2 aromatic rings. The van der Waals surface area contributed by atoms with Gasteiger partial charge in [-0.3, -0.25) is 4.98 Å². The monoisotopic (exact) mass is 259 g/mol. The van der Waals surface area contributed by atoms with E-state index in [1.165, 1.54) is 10.5 Å². The van der Waals surface area contributed by atoms with Crippen LogP contribution in [0.25, 0.3) is 0 Å². The lowest BCUT2D eigenvalue weighted by atomic mass is 10.2. The van der Waals surface area contributed by atoms with Gasteiger partial charge in [0.2, 0.25) is 0 Å². The Morgan fingerprint density at radius 3 is 2.33 bits per heavy atom. The normalized spacial score (nSPS) is 12.4. The molecule has 0 unspecified atom stereocenters. The van der Waals surface area contributed by atoms with Gasteiger partial charge < -0.3 is 5.11 Å². The van der Waals surface area contributed by atoms with Gasteiger partial charge in [0.25, 0.3) is 0 Å². The van der Waals surface area contributed by atoms with E-state index < -0.39 is 6.10 Å². The van der Waals surface area contributed by atoms with Crippen molar-refractivity contribution in [1.82, 2.24) is 4.98 Å². The molecule has 2 rings (SSSR count). The number of aliphatic hydroxyl groups is 1. The number of aryl methyl sites for hydroxylation is 1. The Hall–Kier alpha value is -1.32. The molecule has 0 fully saturated rings. The maximum absolute atomic E-state index is 9.67. The first kappa shape index (κ1) is 13.1. The van der Waals surface area contributed by atoms with Gasteiger partial charge in [-0.2, -0.15) is 0 Å². The Morgan fingerprint density at radius 2 is 1.78 bits per heavy atom. The lowest BCUT2D eigenvalue weighted by Crippen LogP contribution is -1.97. The van der Waals surface area contributed by atoms with Gasteiger partial charge in [-0.05, 0) is 37.6 Å². The standard InChI is InChI=1S/C15H17NOS/c1-3-15(17)14-9-8-13(10-16-14)18-12-6-4-11(2)5-7-12/h4-10,15,17H,3H2,1-2H3/t15-/m1/s1. The first-order valence-corrected chi connectivity index (χ1v) is 6.89. The molecule has 0 aliphatic rings. The van der Waals surface area contributed by atoms with E-state index in [4.69, 9.17) is 0 Å². The topological polar surface area (TPSA) is 33.1 Å². The molecule has 0 amide bonds. The minimum absolute atomic E-state index is 0.455. The maximum Gasteiger partial charge on any atom is 0.0957 e. The fourth-order valence-corrected chi connectivity index (χ4v) is 2.39. The van der Waals surface area contributed by atoms with E-state index in [0.29, 0.717) is 6.42 Å². The van der Waals surface area contributed by atoms with E-state index in [9.17, 15) is 5.11 Å². The molecule has 0 aliphatic heterocycles. The number of hydrogen-bond donors (Lipinski definition) is 1. The Bertz CT molecular complexity index is 493. The lowest BCUT2D eigenvalue weighted by molar-refractivity contribution is 0.169. The minimum atomic E-state index is -0.455. The van der Waals surface area contributed by atoms with Gasteiger partial charge in [0.1, 0.15) is 0 Å². The Kier molecular flexibility index (Phi) is 4.39. The molecule has 1 aromatic heterocycles. The van der Waals surface area contributed by atoms with Crippen LogP contribution in [-0.4, -0.2) is 10.1 Å². The molecule has 0 spiro atoms. The average molecular weight is 259 g/mol. The van der Waals surface area contributed by atoms with E-state index in [0.717, 1.165) is 10.6 Å². The summed E-state index contributed by atoms with van der Waals surface area (Å²) in [7, 11) is 0. The number of aromatic nitrogens is 1. The number of hydrogen-bond acceptors (Lipinski definition) is 3. The van der Waals surface area contributed by atoms with Crippen LogP contribution in [0.5, 0.6) is 0 Å². The molecule has 3 heteroatoms. The van der Waals surface area contributed by atoms with E-state index in [1.54, 1.807) is 11.8 Å². The second-order valence-corrected chi connectivity index (χ2v) is 5.40. The first-order chi connectivity index (χ1) is 8.69. The second-order valence-electron chi connectivity index (χ2n) is 4.26. The highest BCUT2D eigenvalue weighted by Crippen LogP contribution is 2.27. The van der Waals surface area contributed by atoms with E-state index >= 15 is 0 Å². The van der Waals surface area contributed by atoms with Crippen molar-refractivity contribution in [2.75, 3.05) is 0 Å². The molecule has 1 aromatic carbocycles. The van der Waals surface area contributed by atoms with E-state index in [2.05, 4.69) is 36.2 Å². The highest BCUT2D eigenvalue weighted by molar-refractivity contribution is 7.99. The van der Waals surface area contributed by atoms with Crippen molar-refractivity contribution in [2.24, 2.45) is 0 Å². The van der Waals surface area contributed by atoms with Gasteiger partial charge in [-0.15, -0.1) is 0 Å². The van der Waals surface area contributed by atoms with E-state index in [1.807, 2.05) is 25.3 Å². The van der Waals surface area contributed by atoms with Crippen LogP contribution in [0.2, 0.25) is 0 Å². The van der Waals surface area contributed by atoms with Crippen molar-refractivity contribution in [2.45, 2.75) is 36.2 Å². The lowest BCUT2D eigenvalue weighted by Gasteiger charge is -2.07. The fraction of sp³-hybridized carbons (Fsp3) is 0.267. The number of rotatable bonds is 4. The third kappa shape index (κ3) is 3.34. The second kappa shape index (κ2) is 6.03. The van der Waals surface area contributed by atoms with Crippen molar-refractivity contribution in [3.63, 3.8) is 0 Å². The van der Waals surface area contributed by atoms with Gasteiger partial charge >= 0.3 is 0 Å². The Morgan fingerprint density at radius 1 is 1.11 bits per heavy atom. The van der Waals surface area contributed by atoms with Crippen LogP contribution < -0.4 is 0 Å². The molecule has 0 saturated carbocycles. The van der Waals surface area contributed by atoms with Crippen LogP contribution in [0.15, 0.2) is 52.4 Å². The minimum Gasteiger partial charge on any atom is -0.387 e. The SMILES string of the molecule is CC[C@@H](O)c1ccc(Sc2ccc(C)cc2)cn1. The molecule has 1 heterocycles. The van der Waals surface area contributed by atoms with Crippen LogP contribution in [0.3, 0.4) is 0 Å². The molecule has 18 heavy (non-hydrogen) atoms. The molecule has 1 atom stereocenters. The zero-order valence-electron chi connectivity index (χ0n) is 10.6. The predicted molar refractivity (Wildman–Crippen MR) is 74.8 cm³/mol. The van der Waals surface area contributed by atoms with Crippen molar-refractivity contribution in [3.05, 3.63) is 53.9 Å². The smallest absolute Gasteiger partial charge is 0.0957 e. The largest absolute Gasteiger partial charge is 0.387 e. The number of pyridine rings is 1. The molecule has 0 radical (unpaired) electrons. The van der Waals surface area contributed by atoms with Gasteiger partial charge in [-0.25, -0.2) is 0 Å². The van der Waals surface area contributed by atoms with Crippen LogP contribution in [0, 0.1) is 6.92 Å². The van der Waals surface area contributed by atoms with Gasteiger partial charge in [-0.1, -0.05) is 36.4 Å². The molecule has 1 N–H and O–H groups in total.